The largest absolute Gasteiger partial charge is 0.369 e. The number of nitrogens with zero attached hydrogens (tertiary/aromatic N) is 3. The number of anilines is 1. The SMILES string of the molecule is CC(Cn1c(N)nc2cc(F)c(Cl)cc21)c1nccs1. The number of hydrogen-bond acceptors (Lipinski definition) is 4. The Morgan fingerprint density at radius 1 is 1.50 bits per heavy atom. The van der Waals surface area contributed by atoms with E-state index in [2.05, 4.69) is 16.9 Å². The molecule has 1 unspecified atom stereocenters. The van der Waals surface area contributed by atoms with Gasteiger partial charge in [0.2, 0.25) is 5.95 Å². The molecule has 0 amide bonds. The minimum Gasteiger partial charge on any atom is -0.369 e. The lowest BCUT2D eigenvalue weighted by molar-refractivity contribution is 0.612. The van der Waals surface area contributed by atoms with Gasteiger partial charge in [-0.25, -0.2) is 14.4 Å². The van der Waals surface area contributed by atoms with Gasteiger partial charge in [0.1, 0.15) is 5.82 Å². The van der Waals surface area contributed by atoms with E-state index in [1.807, 2.05) is 9.95 Å². The molecule has 0 aliphatic carbocycles. The maximum absolute atomic E-state index is 13.4. The summed E-state index contributed by atoms with van der Waals surface area (Å²) in [4.78, 5) is 8.47. The van der Waals surface area contributed by atoms with Crippen molar-refractivity contribution in [2.24, 2.45) is 0 Å². The van der Waals surface area contributed by atoms with Crippen LogP contribution in [0.4, 0.5) is 10.3 Å². The number of nitrogen functional groups attached to an aromatic ring is 1. The Bertz CT molecular complexity index is 753. The number of thiazole rings is 1. The lowest BCUT2D eigenvalue weighted by Crippen LogP contribution is -2.09. The van der Waals surface area contributed by atoms with Gasteiger partial charge in [0.25, 0.3) is 0 Å². The second-order valence-electron chi connectivity index (χ2n) is 4.61. The van der Waals surface area contributed by atoms with Crippen molar-refractivity contribution in [1.82, 2.24) is 14.5 Å². The molecule has 0 bridgehead atoms. The van der Waals surface area contributed by atoms with Crippen molar-refractivity contribution in [2.45, 2.75) is 19.4 Å². The quantitative estimate of drug-likeness (QED) is 0.803. The van der Waals surface area contributed by atoms with E-state index in [0.29, 0.717) is 18.0 Å². The molecule has 20 heavy (non-hydrogen) atoms. The number of nitrogens with two attached hydrogens (primary N) is 1. The number of aromatic nitrogens is 3. The Hall–Kier alpha value is -1.66. The fourth-order valence-corrected chi connectivity index (χ4v) is 3.01. The third-order valence-corrected chi connectivity index (χ3v) is 4.45. The maximum atomic E-state index is 13.4. The molecule has 1 atom stereocenters. The van der Waals surface area contributed by atoms with Crippen molar-refractivity contribution in [2.75, 3.05) is 5.73 Å². The van der Waals surface area contributed by atoms with Crippen molar-refractivity contribution >= 4 is 39.9 Å². The molecule has 0 radical (unpaired) electrons. The van der Waals surface area contributed by atoms with Gasteiger partial charge in [-0.05, 0) is 6.07 Å². The van der Waals surface area contributed by atoms with E-state index >= 15 is 0 Å². The average molecular weight is 311 g/mol. The third kappa shape index (κ3) is 2.25. The van der Waals surface area contributed by atoms with Crippen LogP contribution in [0.25, 0.3) is 11.0 Å². The summed E-state index contributed by atoms with van der Waals surface area (Å²) in [5.74, 6) is 0.0559. The molecule has 0 fully saturated rings. The van der Waals surface area contributed by atoms with Gasteiger partial charge in [0.15, 0.2) is 0 Å². The molecular weight excluding hydrogens is 299 g/mol. The first-order chi connectivity index (χ1) is 9.56. The number of fused-ring (bicyclic) bond motifs is 1. The van der Waals surface area contributed by atoms with E-state index in [1.165, 1.54) is 6.07 Å². The van der Waals surface area contributed by atoms with Crippen LogP contribution in [-0.4, -0.2) is 14.5 Å². The molecule has 4 nitrogen and oxygen atoms in total. The first-order valence-electron chi connectivity index (χ1n) is 6.06. The highest BCUT2D eigenvalue weighted by atomic mass is 35.5. The topological polar surface area (TPSA) is 56.7 Å². The fourth-order valence-electron chi connectivity index (χ4n) is 2.16. The number of halogens is 2. The van der Waals surface area contributed by atoms with Crippen molar-refractivity contribution in [3.05, 3.63) is 39.6 Å². The molecule has 7 heteroatoms. The van der Waals surface area contributed by atoms with Crippen molar-refractivity contribution in [1.29, 1.82) is 0 Å². The summed E-state index contributed by atoms with van der Waals surface area (Å²) in [6.07, 6.45) is 1.78. The van der Waals surface area contributed by atoms with Crippen LogP contribution in [-0.2, 0) is 6.54 Å². The van der Waals surface area contributed by atoms with Gasteiger partial charge in [-0.3, -0.25) is 0 Å². The van der Waals surface area contributed by atoms with Gasteiger partial charge < -0.3 is 10.3 Å². The molecule has 2 N–H and O–H groups in total. The van der Waals surface area contributed by atoms with Gasteiger partial charge in [0, 0.05) is 30.1 Å². The monoisotopic (exact) mass is 310 g/mol. The lowest BCUT2D eigenvalue weighted by atomic mass is 10.2. The summed E-state index contributed by atoms with van der Waals surface area (Å²) < 4.78 is 15.3. The molecule has 0 spiro atoms. The molecule has 1 aromatic carbocycles. The Morgan fingerprint density at radius 3 is 3.00 bits per heavy atom. The second kappa shape index (κ2) is 5.03. The maximum Gasteiger partial charge on any atom is 0.201 e. The first kappa shape index (κ1) is 13.3. The number of benzene rings is 1. The molecule has 0 saturated carbocycles. The van der Waals surface area contributed by atoms with Crippen molar-refractivity contribution in [3.8, 4) is 0 Å². The standard InChI is InChI=1S/C13H12ClFN4S/c1-7(12-17-2-3-20-12)6-19-11-4-8(14)9(15)5-10(11)18-13(19)16/h2-5,7H,6H2,1H3,(H2,16,18). The molecule has 0 aliphatic heterocycles. The molecular formula is C13H12ClFN4S. The van der Waals surface area contributed by atoms with Crippen LogP contribution in [0.2, 0.25) is 5.02 Å². The highest BCUT2D eigenvalue weighted by Gasteiger charge is 2.16. The fraction of sp³-hybridized carbons (Fsp3) is 0.231. The molecule has 0 saturated heterocycles. The average Bonchev–Trinajstić information content (AvgIpc) is 3.01. The van der Waals surface area contributed by atoms with Crippen molar-refractivity contribution < 1.29 is 4.39 Å². The zero-order chi connectivity index (χ0) is 14.3. The molecule has 0 aliphatic rings. The minimum atomic E-state index is -0.489. The van der Waals surface area contributed by atoms with Crippen LogP contribution in [0.5, 0.6) is 0 Å². The van der Waals surface area contributed by atoms with E-state index in [9.17, 15) is 4.39 Å². The minimum absolute atomic E-state index is 0.0700. The molecule has 104 valence electrons. The Balaban J connectivity index is 2.03. The Labute approximate surface area is 124 Å². The number of imidazole rings is 1. The second-order valence-corrected chi connectivity index (χ2v) is 5.94. The summed E-state index contributed by atoms with van der Waals surface area (Å²) >= 11 is 7.44. The van der Waals surface area contributed by atoms with E-state index < -0.39 is 5.82 Å². The van der Waals surface area contributed by atoms with Crippen molar-refractivity contribution in [3.63, 3.8) is 0 Å². The summed E-state index contributed by atoms with van der Waals surface area (Å²) in [7, 11) is 0. The normalized spacial score (nSPS) is 12.9. The Morgan fingerprint density at radius 2 is 2.30 bits per heavy atom. The Kier molecular flexibility index (Phi) is 3.35. The van der Waals surface area contributed by atoms with Gasteiger partial charge in [-0.2, -0.15) is 0 Å². The zero-order valence-corrected chi connectivity index (χ0v) is 12.2. The van der Waals surface area contributed by atoms with Crippen LogP contribution in [0.3, 0.4) is 0 Å². The lowest BCUT2D eigenvalue weighted by Gasteiger charge is -2.11. The van der Waals surface area contributed by atoms with Gasteiger partial charge in [-0.1, -0.05) is 18.5 Å². The molecule has 2 heterocycles. The van der Waals surface area contributed by atoms with Crippen LogP contribution >= 0.6 is 22.9 Å². The predicted octanol–water partition coefficient (Wildman–Crippen LogP) is 3.67. The number of rotatable bonds is 3. The van der Waals surface area contributed by atoms with Crippen LogP contribution in [0, 0.1) is 5.82 Å². The summed E-state index contributed by atoms with van der Waals surface area (Å²) in [6.45, 7) is 2.69. The van der Waals surface area contributed by atoms with Gasteiger partial charge in [-0.15, -0.1) is 11.3 Å². The van der Waals surface area contributed by atoms with E-state index in [0.717, 1.165) is 10.5 Å². The molecule has 2 aromatic heterocycles. The molecule has 3 aromatic rings. The van der Waals surface area contributed by atoms with Crippen LogP contribution < -0.4 is 5.73 Å². The van der Waals surface area contributed by atoms with E-state index in [4.69, 9.17) is 17.3 Å². The molecule has 3 rings (SSSR count). The smallest absolute Gasteiger partial charge is 0.201 e. The van der Waals surface area contributed by atoms with Crippen LogP contribution in [0.15, 0.2) is 23.7 Å². The number of hydrogen-bond donors (Lipinski definition) is 1. The van der Waals surface area contributed by atoms with Crippen LogP contribution in [0.1, 0.15) is 17.8 Å². The van der Waals surface area contributed by atoms with E-state index in [1.54, 1.807) is 23.6 Å². The zero-order valence-electron chi connectivity index (χ0n) is 10.7. The highest BCUT2D eigenvalue weighted by molar-refractivity contribution is 7.09. The predicted molar refractivity (Wildman–Crippen MR) is 79.6 cm³/mol. The summed E-state index contributed by atoms with van der Waals surface area (Å²) in [5, 5.41) is 3.04. The first-order valence-corrected chi connectivity index (χ1v) is 7.32. The highest BCUT2D eigenvalue weighted by Crippen LogP contribution is 2.28. The van der Waals surface area contributed by atoms with Gasteiger partial charge >= 0.3 is 0 Å². The third-order valence-electron chi connectivity index (χ3n) is 3.15. The van der Waals surface area contributed by atoms with E-state index in [-0.39, 0.29) is 10.9 Å². The summed E-state index contributed by atoms with van der Waals surface area (Å²) in [5.41, 5.74) is 7.17. The van der Waals surface area contributed by atoms with Gasteiger partial charge in [0.05, 0.1) is 21.1 Å². The summed E-state index contributed by atoms with van der Waals surface area (Å²) in [6, 6.07) is 2.86.